The summed E-state index contributed by atoms with van der Waals surface area (Å²) in [5, 5.41) is 5.61. The third-order valence-corrected chi connectivity index (χ3v) is 6.41. The van der Waals surface area contributed by atoms with E-state index in [0.717, 1.165) is 62.8 Å². The summed E-state index contributed by atoms with van der Waals surface area (Å²) in [5.41, 5.74) is 0.186. The van der Waals surface area contributed by atoms with Crippen LogP contribution in [0, 0.1) is 29.3 Å². The molecular weight excluding hydrogens is 467 g/mol. The molecular formula is C25H25ClF3N3O2. The summed E-state index contributed by atoms with van der Waals surface area (Å²) in [6.07, 6.45) is 5.80. The number of benzene rings is 2. The predicted octanol–water partition coefficient (Wildman–Crippen LogP) is 5.88. The third-order valence-electron chi connectivity index (χ3n) is 6.19. The summed E-state index contributed by atoms with van der Waals surface area (Å²) in [7, 11) is 0. The van der Waals surface area contributed by atoms with Crippen LogP contribution in [0.5, 0.6) is 0 Å². The van der Waals surface area contributed by atoms with Gasteiger partial charge in [-0.1, -0.05) is 11.6 Å². The number of guanidine groups is 1. The lowest BCUT2D eigenvalue weighted by molar-refractivity contribution is -0.121. The quantitative estimate of drug-likeness (QED) is 0.391. The number of rotatable bonds is 6. The minimum atomic E-state index is -1.14. The van der Waals surface area contributed by atoms with E-state index in [1.54, 1.807) is 0 Å². The minimum absolute atomic E-state index is 0.0499. The Labute approximate surface area is 200 Å². The maximum atomic E-state index is 13.8. The Hall–Kier alpha value is -2.87. The first-order valence-corrected chi connectivity index (χ1v) is 11.7. The maximum absolute atomic E-state index is 13.8. The zero-order valence-electron chi connectivity index (χ0n) is 18.4. The van der Waals surface area contributed by atoms with Crippen LogP contribution in [0.1, 0.15) is 55.3 Å². The van der Waals surface area contributed by atoms with Crippen molar-refractivity contribution in [2.75, 3.05) is 5.32 Å². The van der Waals surface area contributed by atoms with Crippen molar-refractivity contribution in [1.29, 1.82) is 0 Å². The van der Waals surface area contributed by atoms with E-state index in [9.17, 15) is 22.8 Å². The fourth-order valence-corrected chi connectivity index (χ4v) is 4.41. The summed E-state index contributed by atoms with van der Waals surface area (Å²) in [6, 6.07) is 6.52. The summed E-state index contributed by atoms with van der Waals surface area (Å²) in [6.45, 7) is 0. The highest BCUT2D eigenvalue weighted by Gasteiger charge is 2.32. The molecule has 0 aliphatic heterocycles. The molecule has 1 amide bonds. The van der Waals surface area contributed by atoms with E-state index in [4.69, 9.17) is 11.6 Å². The molecule has 2 aromatic rings. The molecule has 34 heavy (non-hydrogen) atoms. The van der Waals surface area contributed by atoms with Gasteiger partial charge in [-0.25, -0.2) is 18.2 Å². The van der Waals surface area contributed by atoms with Crippen molar-refractivity contribution >= 4 is 34.9 Å². The number of hydrogen-bond donors (Lipinski definition) is 2. The van der Waals surface area contributed by atoms with Crippen molar-refractivity contribution < 1.29 is 22.8 Å². The number of carbonyl (C=O) groups excluding carboxylic acids is 2. The van der Waals surface area contributed by atoms with Crippen LogP contribution in [-0.4, -0.2) is 23.7 Å². The predicted molar refractivity (Wildman–Crippen MR) is 124 cm³/mol. The number of carbonyl (C=O) groups is 2. The van der Waals surface area contributed by atoms with E-state index in [2.05, 4.69) is 15.6 Å². The Bertz CT molecular complexity index is 1090. The van der Waals surface area contributed by atoms with E-state index < -0.39 is 23.4 Å². The van der Waals surface area contributed by atoms with Crippen molar-refractivity contribution in [2.24, 2.45) is 16.8 Å². The van der Waals surface area contributed by atoms with Gasteiger partial charge in [0.05, 0.1) is 6.04 Å². The zero-order valence-corrected chi connectivity index (χ0v) is 19.2. The number of hydrogen-bond acceptors (Lipinski definition) is 3. The molecule has 5 nitrogen and oxygen atoms in total. The van der Waals surface area contributed by atoms with Gasteiger partial charge in [0.2, 0.25) is 5.96 Å². The molecule has 2 N–H and O–H groups in total. The van der Waals surface area contributed by atoms with Gasteiger partial charge in [-0.3, -0.25) is 14.9 Å². The van der Waals surface area contributed by atoms with E-state index in [1.807, 2.05) is 0 Å². The fourth-order valence-electron chi connectivity index (χ4n) is 4.19. The van der Waals surface area contributed by atoms with Gasteiger partial charge in [0, 0.05) is 28.6 Å². The smallest absolute Gasteiger partial charge is 0.258 e. The van der Waals surface area contributed by atoms with Crippen molar-refractivity contribution in [3.05, 3.63) is 64.4 Å². The molecule has 0 spiro atoms. The number of aliphatic imine (C=N–C) groups is 1. The number of nitrogens with zero attached hydrogens (tertiary/aromatic N) is 1. The van der Waals surface area contributed by atoms with Gasteiger partial charge in [0.25, 0.3) is 5.91 Å². The second-order valence-electron chi connectivity index (χ2n) is 8.96. The Morgan fingerprint density at radius 1 is 0.941 bits per heavy atom. The van der Waals surface area contributed by atoms with E-state index >= 15 is 0 Å². The van der Waals surface area contributed by atoms with Crippen LogP contribution in [0.2, 0.25) is 5.02 Å². The average molecular weight is 492 g/mol. The Kier molecular flexibility index (Phi) is 7.56. The molecule has 0 atom stereocenters. The first-order chi connectivity index (χ1) is 16.3. The molecule has 0 heterocycles. The number of Topliss-reactive ketones (excluding diaryl/α,β-unsaturated/α-hetero) is 1. The molecule has 0 aromatic heterocycles. The van der Waals surface area contributed by atoms with Gasteiger partial charge >= 0.3 is 0 Å². The largest absolute Gasteiger partial charge is 0.326 e. The van der Waals surface area contributed by atoms with Gasteiger partial charge < -0.3 is 5.32 Å². The summed E-state index contributed by atoms with van der Waals surface area (Å²) in [5.74, 6) is -2.46. The van der Waals surface area contributed by atoms with Crippen molar-refractivity contribution in [3.8, 4) is 0 Å². The van der Waals surface area contributed by atoms with Gasteiger partial charge in [-0.2, -0.15) is 0 Å². The number of halogens is 4. The van der Waals surface area contributed by atoms with Crippen LogP contribution in [0.25, 0.3) is 0 Å². The molecule has 0 saturated heterocycles. The zero-order chi connectivity index (χ0) is 24.2. The Morgan fingerprint density at radius 3 is 2.32 bits per heavy atom. The normalized spacial score (nSPS) is 20.6. The van der Waals surface area contributed by atoms with Crippen LogP contribution < -0.4 is 10.6 Å². The number of nitrogens with one attached hydrogen (secondary N) is 2. The summed E-state index contributed by atoms with van der Waals surface area (Å²) < 4.78 is 40.6. The van der Waals surface area contributed by atoms with Gasteiger partial charge in [0.1, 0.15) is 11.6 Å². The van der Waals surface area contributed by atoms with Crippen molar-refractivity contribution in [2.45, 2.75) is 51.0 Å². The molecule has 2 aromatic carbocycles. The highest BCUT2D eigenvalue weighted by Crippen LogP contribution is 2.35. The van der Waals surface area contributed by atoms with Gasteiger partial charge in [0.15, 0.2) is 11.6 Å². The SMILES string of the molecule is O=C(NC(=NC1CCC(CC(=O)C2CC2)CC1)Nc1cc(F)cc(Cl)c1)c1ccc(F)c(F)c1. The maximum Gasteiger partial charge on any atom is 0.258 e. The molecule has 9 heteroatoms. The van der Waals surface area contributed by atoms with E-state index in [-0.39, 0.29) is 34.2 Å². The molecule has 4 rings (SSSR count). The average Bonchev–Trinajstić information content (AvgIpc) is 3.62. The lowest BCUT2D eigenvalue weighted by Gasteiger charge is -2.26. The third kappa shape index (κ3) is 6.59. The van der Waals surface area contributed by atoms with Gasteiger partial charge in [-0.05, 0) is 80.8 Å². The van der Waals surface area contributed by atoms with E-state index in [0.29, 0.717) is 18.1 Å². The lowest BCUT2D eigenvalue weighted by Crippen LogP contribution is -2.37. The molecule has 2 saturated carbocycles. The van der Waals surface area contributed by atoms with Crippen LogP contribution in [0.15, 0.2) is 41.4 Å². The second-order valence-corrected chi connectivity index (χ2v) is 9.40. The molecule has 2 aliphatic carbocycles. The number of anilines is 1. The number of ketones is 1. The monoisotopic (exact) mass is 491 g/mol. The molecule has 0 radical (unpaired) electrons. The molecule has 180 valence electrons. The highest BCUT2D eigenvalue weighted by atomic mass is 35.5. The Balaban J connectivity index is 1.47. The first kappa shape index (κ1) is 24.3. The number of amides is 1. The highest BCUT2D eigenvalue weighted by molar-refractivity contribution is 6.31. The van der Waals surface area contributed by atoms with E-state index in [1.165, 1.54) is 12.1 Å². The van der Waals surface area contributed by atoms with Crippen molar-refractivity contribution in [3.63, 3.8) is 0 Å². The molecule has 0 unspecified atom stereocenters. The molecule has 2 aliphatic rings. The van der Waals surface area contributed by atoms with Crippen LogP contribution >= 0.6 is 11.6 Å². The lowest BCUT2D eigenvalue weighted by atomic mass is 9.83. The standard InChI is InChI=1S/C25H25ClF3N3O2/c26-17-11-18(27)13-20(12-17)31-25(32-24(34)16-5-8-21(28)22(29)10-16)30-19-6-1-14(2-7-19)9-23(33)15-3-4-15/h5,8,10-15,19H,1-4,6-7,9H2,(H2,30,31,32,34). The summed E-state index contributed by atoms with van der Waals surface area (Å²) in [4.78, 5) is 29.4. The Morgan fingerprint density at radius 2 is 1.68 bits per heavy atom. The molecule has 0 bridgehead atoms. The summed E-state index contributed by atoms with van der Waals surface area (Å²) >= 11 is 5.93. The van der Waals surface area contributed by atoms with Crippen LogP contribution in [-0.2, 0) is 4.79 Å². The van der Waals surface area contributed by atoms with Crippen molar-refractivity contribution in [1.82, 2.24) is 5.32 Å². The first-order valence-electron chi connectivity index (χ1n) is 11.4. The van der Waals surface area contributed by atoms with Crippen LogP contribution in [0.3, 0.4) is 0 Å². The topological polar surface area (TPSA) is 70.6 Å². The van der Waals surface area contributed by atoms with Gasteiger partial charge in [-0.15, -0.1) is 0 Å². The second kappa shape index (κ2) is 10.6. The minimum Gasteiger partial charge on any atom is -0.326 e. The van der Waals surface area contributed by atoms with Crippen LogP contribution in [0.4, 0.5) is 18.9 Å². The molecule has 2 fully saturated rings. The fraction of sp³-hybridized carbons (Fsp3) is 0.400.